The van der Waals surface area contributed by atoms with Gasteiger partial charge in [0.1, 0.15) is 0 Å². The molecule has 33 heavy (non-hydrogen) atoms. The summed E-state index contributed by atoms with van der Waals surface area (Å²) in [6.45, 7) is 9.48. The van der Waals surface area contributed by atoms with Crippen LogP contribution in [0.3, 0.4) is 0 Å². The monoisotopic (exact) mass is 571 g/mol. The highest BCUT2D eigenvalue weighted by Crippen LogP contribution is 2.30. The van der Waals surface area contributed by atoms with Crippen LogP contribution in [0.4, 0.5) is 0 Å². The molecule has 1 aromatic carbocycles. The molecule has 0 aliphatic carbocycles. The van der Waals surface area contributed by atoms with Crippen LogP contribution >= 0.6 is 24.0 Å². The van der Waals surface area contributed by atoms with Gasteiger partial charge in [-0.05, 0) is 45.0 Å². The first kappa shape index (κ1) is 28.9. The largest absolute Gasteiger partial charge is 0.490 e. The zero-order valence-electron chi connectivity index (χ0n) is 20.2. The number of guanidine groups is 1. The molecule has 1 aromatic heterocycles. The Morgan fingerprint density at radius 1 is 1.06 bits per heavy atom. The second kappa shape index (κ2) is 17.4. The molecule has 0 spiro atoms. The van der Waals surface area contributed by atoms with Gasteiger partial charge in [-0.25, -0.2) is 9.98 Å². The third kappa shape index (κ3) is 11.5. The summed E-state index contributed by atoms with van der Waals surface area (Å²) in [4.78, 5) is 11.4. The van der Waals surface area contributed by atoms with E-state index in [4.69, 9.17) is 14.2 Å². The summed E-state index contributed by atoms with van der Waals surface area (Å²) in [5.41, 5.74) is 1.00. The van der Waals surface area contributed by atoms with Gasteiger partial charge in [0, 0.05) is 52.2 Å². The Labute approximate surface area is 215 Å². The van der Waals surface area contributed by atoms with Crippen molar-refractivity contribution in [1.29, 1.82) is 0 Å². The van der Waals surface area contributed by atoms with Gasteiger partial charge in [-0.3, -0.25) is 0 Å². The number of halogens is 1. The molecular weight excluding hydrogens is 533 g/mol. The molecule has 8 nitrogen and oxygen atoms in total. The van der Waals surface area contributed by atoms with Gasteiger partial charge in [-0.2, -0.15) is 0 Å². The topological polar surface area (TPSA) is 80.2 Å². The first-order valence-electron chi connectivity index (χ1n) is 11.2. The van der Waals surface area contributed by atoms with E-state index in [1.807, 2.05) is 43.3 Å². The lowest BCUT2D eigenvalue weighted by Crippen LogP contribution is -2.41. The minimum Gasteiger partial charge on any atom is -0.490 e. The maximum atomic E-state index is 5.88. The summed E-state index contributed by atoms with van der Waals surface area (Å²) < 4.78 is 16.6. The third-order valence-electron chi connectivity index (χ3n) is 4.60. The number of nitrogens with one attached hydrogen (secondary N) is 2. The molecule has 0 atom stereocenters. The van der Waals surface area contributed by atoms with Crippen molar-refractivity contribution in [3.63, 3.8) is 0 Å². The fourth-order valence-corrected chi connectivity index (χ4v) is 2.95. The first-order chi connectivity index (χ1) is 15.7. The molecule has 2 N–H and O–H groups in total. The van der Waals surface area contributed by atoms with Crippen molar-refractivity contribution < 1.29 is 14.2 Å². The molecule has 0 fully saturated rings. The van der Waals surface area contributed by atoms with Crippen LogP contribution in [-0.2, 0) is 11.3 Å². The van der Waals surface area contributed by atoms with Crippen molar-refractivity contribution in [1.82, 2.24) is 20.5 Å². The smallest absolute Gasteiger partial charge is 0.219 e. The summed E-state index contributed by atoms with van der Waals surface area (Å²) in [6.07, 6.45) is 2.82. The molecule has 0 saturated carbocycles. The second-order valence-electron chi connectivity index (χ2n) is 7.26. The number of hydrogen-bond donors (Lipinski definition) is 2. The van der Waals surface area contributed by atoms with Gasteiger partial charge in [0.2, 0.25) is 5.88 Å². The average Bonchev–Trinajstić information content (AvgIpc) is 2.80. The van der Waals surface area contributed by atoms with Crippen LogP contribution in [0.15, 0.2) is 47.6 Å². The van der Waals surface area contributed by atoms with Crippen molar-refractivity contribution in [3.05, 3.63) is 48.2 Å². The Bertz CT molecular complexity index is 805. The van der Waals surface area contributed by atoms with Gasteiger partial charge in [0.25, 0.3) is 0 Å². The van der Waals surface area contributed by atoms with Gasteiger partial charge in [0.05, 0.1) is 13.2 Å². The first-order valence-corrected chi connectivity index (χ1v) is 11.2. The van der Waals surface area contributed by atoms with E-state index in [0.717, 1.165) is 50.7 Å². The second-order valence-corrected chi connectivity index (χ2v) is 7.26. The Kier molecular flexibility index (Phi) is 15.2. The highest BCUT2D eigenvalue weighted by Gasteiger charge is 2.06. The van der Waals surface area contributed by atoms with Crippen molar-refractivity contribution in [2.24, 2.45) is 4.99 Å². The van der Waals surface area contributed by atoms with Crippen LogP contribution in [0.2, 0.25) is 0 Å². The number of likely N-dealkylation sites (N-methyl/N-ethyl adjacent to an activating group) is 1. The van der Waals surface area contributed by atoms with E-state index >= 15 is 0 Å². The Morgan fingerprint density at radius 3 is 2.52 bits per heavy atom. The maximum Gasteiger partial charge on any atom is 0.219 e. The summed E-state index contributed by atoms with van der Waals surface area (Å²) in [6, 6.07) is 11.4. The molecule has 0 unspecified atom stereocenters. The third-order valence-corrected chi connectivity index (χ3v) is 4.60. The molecule has 0 aliphatic rings. The lowest BCUT2D eigenvalue weighted by atomic mass is 10.3. The normalized spacial score (nSPS) is 11.1. The SMILES string of the molecule is CCNC(=NCc1ccc(Oc2ccccc2OCC)nc1)NCCN(C)CCCOC.I. The standard InChI is InChI=1S/C24H37N5O3.HI/c1-5-25-24(26-14-16-29(3)15-9-17-30-4)28-19-20-12-13-23(27-18-20)32-22-11-8-7-10-21(22)31-6-2;/h7-8,10-13,18H,5-6,9,14-17,19H2,1-4H3,(H2,25,26,28);1H. The van der Waals surface area contributed by atoms with Crippen LogP contribution in [-0.4, -0.2) is 69.4 Å². The quantitative estimate of drug-likeness (QED) is 0.154. The fourth-order valence-electron chi connectivity index (χ4n) is 2.95. The molecule has 0 bridgehead atoms. The Balaban J connectivity index is 0.00000544. The molecule has 2 aromatic rings. The van der Waals surface area contributed by atoms with E-state index in [0.29, 0.717) is 30.5 Å². The molecular formula is C24H38IN5O3. The molecule has 1 heterocycles. The number of aromatic nitrogens is 1. The van der Waals surface area contributed by atoms with E-state index in [1.54, 1.807) is 13.3 Å². The summed E-state index contributed by atoms with van der Waals surface area (Å²) >= 11 is 0. The highest BCUT2D eigenvalue weighted by molar-refractivity contribution is 14.0. The summed E-state index contributed by atoms with van der Waals surface area (Å²) in [5, 5.41) is 6.66. The minimum absolute atomic E-state index is 0. The van der Waals surface area contributed by atoms with Crippen molar-refractivity contribution >= 4 is 29.9 Å². The Hall–Kier alpha value is -2.11. The van der Waals surface area contributed by atoms with Gasteiger partial charge in [-0.15, -0.1) is 24.0 Å². The number of hydrogen-bond acceptors (Lipinski definition) is 6. The fraction of sp³-hybridized carbons (Fsp3) is 0.500. The van der Waals surface area contributed by atoms with E-state index in [9.17, 15) is 0 Å². The highest BCUT2D eigenvalue weighted by atomic mass is 127. The van der Waals surface area contributed by atoms with E-state index in [2.05, 4.69) is 39.5 Å². The number of methoxy groups -OCH3 is 1. The van der Waals surface area contributed by atoms with Crippen LogP contribution in [0.25, 0.3) is 0 Å². The van der Waals surface area contributed by atoms with Gasteiger partial charge < -0.3 is 29.7 Å². The lowest BCUT2D eigenvalue weighted by molar-refractivity contribution is 0.180. The van der Waals surface area contributed by atoms with Crippen LogP contribution < -0.4 is 20.1 Å². The number of ether oxygens (including phenoxy) is 3. The molecule has 184 valence electrons. The number of para-hydroxylation sites is 2. The van der Waals surface area contributed by atoms with Gasteiger partial charge in [-0.1, -0.05) is 18.2 Å². The molecule has 2 rings (SSSR count). The summed E-state index contributed by atoms with van der Waals surface area (Å²) in [7, 11) is 3.85. The molecule has 0 radical (unpaired) electrons. The molecule has 9 heteroatoms. The number of aliphatic imine (C=N–C) groups is 1. The zero-order chi connectivity index (χ0) is 23.0. The van der Waals surface area contributed by atoms with Crippen molar-refractivity contribution in [2.45, 2.75) is 26.8 Å². The van der Waals surface area contributed by atoms with E-state index in [-0.39, 0.29) is 24.0 Å². The average molecular weight is 572 g/mol. The van der Waals surface area contributed by atoms with Gasteiger partial charge >= 0.3 is 0 Å². The Morgan fingerprint density at radius 2 is 1.85 bits per heavy atom. The minimum atomic E-state index is 0. The van der Waals surface area contributed by atoms with Crippen LogP contribution in [0.1, 0.15) is 25.8 Å². The number of nitrogens with zero attached hydrogens (tertiary/aromatic N) is 3. The molecule has 0 saturated heterocycles. The van der Waals surface area contributed by atoms with Gasteiger partial charge in [0.15, 0.2) is 17.5 Å². The lowest BCUT2D eigenvalue weighted by Gasteiger charge is -2.18. The molecule has 0 aliphatic heterocycles. The number of pyridine rings is 1. The van der Waals surface area contributed by atoms with E-state index < -0.39 is 0 Å². The molecule has 0 amide bonds. The van der Waals surface area contributed by atoms with Crippen LogP contribution in [0, 0.1) is 0 Å². The maximum absolute atomic E-state index is 5.88. The number of benzene rings is 1. The predicted molar refractivity (Wildman–Crippen MR) is 144 cm³/mol. The number of rotatable bonds is 14. The van der Waals surface area contributed by atoms with Crippen LogP contribution in [0.5, 0.6) is 17.4 Å². The zero-order valence-corrected chi connectivity index (χ0v) is 22.5. The van der Waals surface area contributed by atoms with Crippen molar-refractivity contribution in [2.75, 3.05) is 53.6 Å². The van der Waals surface area contributed by atoms with E-state index in [1.165, 1.54) is 0 Å². The van der Waals surface area contributed by atoms with Crippen molar-refractivity contribution in [3.8, 4) is 17.4 Å². The summed E-state index contributed by atoms with van der Waals surface area (Å²) in [5.74, 6) is 2.67. The predicted octanol–water partition coefficient (Wildman–Crippen LogP) is 3.91.